The predicted octanol–water partition coefficient (Wildman–Crippen LogP) is 4.69. The Labute approximate surface area is 205 Å². The molecule has 2 aliphatic heterocycles. The van der Waals surface area contributed by atoms with Crippen LogP contribution in [0, 0.1) is 24.4 Å². The van der Waals surface area contributed by atoms with Gasteiger partial charge in [0.1, 0.15) is 12.7 Å². The molecule has 6 rings (SSSR count). The van der Waals surface area contributed by atoms with E-state index in [-0.39, 0.29) is 23.6 Å². The Hall–Kier alpha value is -3.95. The Bertz CT molecular complexity index is 1470. The average Bonchev–Trinajstić information content (AvgIpc) is 3.50. The molecule has 0 aliphatic carbocycles. The fraction of sp³-hybridized carbons (Fsp3) is 0.308. The lowest BCUT2D eigenvalue weighted by molar-refractivity contribution is 0.0392. The standard InChI is InChI=1S/C26H23F3N6O/c1-14-6-7-15(10-22(14)34-12-30-31-13-34)26(36)35-17-4-3-5-21(35)24-18(11-17)25(33(2)32-24)16-8-19(27)23(29)20(28)9-16/h6-10,12-13,17,21H,3-5,11H2,1-2H3/t17-,21+/m0/s1. The molecule has 36 heavy (non-hydrogen) atoms. The van der Waals surface area contributed by atoms with Gasteiger partial charge in [0, 0.05) is 29.8 Å². The number of hydrogen-bond donors (Lipinski definition) is 0. The van der Waals surface area contributed by atoms with Gasteiger partial charge in [-0.3, -0.25) is 14.0 Å². The van der Waals surface area contributed by atoms with Gasteiger partial charge in [0.15, 0.2) is 17.5 Å². The summed E-state index contributed by atoms with van der Waals surface area (Å²) in [5.41, 5.74) is 4.75. The maximum Gasteiger partial charge on any atom is 0.254 e. The van der Waals surface area contributed by atoms with E-state index in [9.17, 15) is 18.0 Å². The van der Waals surface area contributed by atoms with E-state index in [0.717, 1.165) is 53.9 Å². The van der Waals surface area contributed by atoms with Crippen LogP contribution >= 0.6 is 0 Å². The Kier molecular flexibility index (Phi) is 5.20. The van der Waals surface area contributed by atoms with Gasteiger partial charge in [0.25, 0.3) is 5.91 Å². The summed E-state index contributed by atoms with van der Waals surface area (Å²) < 4.78 is 45.0. The molecule has 10 heteroatoms. The molecule has 2 aromatic carbocycles. The van der Waals surface area contributed by atoms with Crippen molar-refractivity contribution in [3.05, 3.63) is 82.8 Å². The molecule has 2 bridgehead atoms. The highest BCUT2D eigenvalue weighted by Gasteiger charge is 2.43. The smallest absolute Gasteiger partial charge is 0.254 e. The van der Waals surface area contributed by atoms with E-state index in [2.05, 4.69) is 10.2 Å². The van der Waals surface area contributed by atoms with Crippen LogP contribution in [0.2, 0.25) is 0 Å². The van der Waals surface area contributed by atoms with Crippen LogP contribution in [0.4, 0.5) is 13.2 Å². The molecule has 0 unspecified atom stereocenters. The first kappa shape index (κ1) is 22.5. The normalized spacial score (nSPS) is 18.9. The quantitative estimate of drug-likeness (QED) is 0.390. The van der Waals surface area contributed by atoms with Gasteiger partial charge >= 0.3 is 0 Å². The summed E-state index contributed by atoms with van der Waals surface area (Å²) in [6.45, 7) is 1.96. The number of benzene rings is 2. The van der Waals surface area contributed by atoms with Crippen molar-refractivity contribution in [2.45, 2.75) is 44.7 Å². The number of hydrogen-bond acceptors (Lipinski definition) is 4. The van der Waals surface area contributed by atoms with E-state index in [1.807, 2.05) is 30.0 Å². The lowest BCUT2D eigenvalue weighted by atomic mass is 9.81. The van der Waals surface area contributed by atoms with Crippen molar-refractivity contribution in [1.82, 2.24) is 29.4 Å². The molecular weight excluding hydrogens is 469 g/mol. The molecule has 1 amide bonds. The third kappa shape index (κ3) is 3.42. The molecular formula is C26H23F3N6O. The number of aryl methyl sites for hydroxylation is 2. The van der Waals surface area contributed by atoms with Crippen LogP contribution in [0.25, 0.3) is 16.9 Å². The van der Waals surface area contributed by atoms with Gasteiger partial charge in [-0.05, 0) is 62.4 Å². The first-order valence-corrected chi connectivity index (χ1v) is 11.8. The molecule has 1 fully saturated rings. The summed E-state index contributed by atoms with van der Waals surface area (Å²) >= 11 is 0. The maximum absolute atomic E-state index is 14.0. The van der Waals surface area contributed by atoms with Crippen LogP contribution in [0.3, 0.4) is 0 Å². The molecule has 7 nitrogen and oxygen atoms in total. The highest BCUT2D eigenvalue weighted by atomic mass is 19.2. The van der Waals surface area contributed by atoms with Gasteiger partial charge in [0.05, 0.1) is 23.1 Å². The second-order valence-electron chi connectivity index (χ2n) is 9.48. The Morgan fingerprint density at radius 1 is 1.03 bits per heavy atom. The van der Waals surface area contributed by atoms with Gasteiger partial charge in [0.2, 0.25) is 0 Å². The summed E-state index contributed by atoms with van der Waals surface area (Å²) in [4.78, 5) is 15.8. The fourth-order valence-electron chi connectivity index (χ4n) is 5.70. The van der Waals surface area contributed by atoms with Crippen molar-refractivity contribution < 1.29 is 18.0 Å². The summed E-state index contributed by atoms with van der Waals surface area (Å²) in [7, 11) is 1.70. The fourth-order valence-corrected chi connectivity index (χ4v) is 5.70. The molecule has 0 spiro atoms. The second kappa shape index (κ2) is 8.32. The maximum atomic E-state index is 14.0. The van der Waals surface area contributed by atoms with E-state index in [1.54, 1.807) is 29.0 Å². The first-order chi connectivity index (χ1) is 17.3. The number of fused-ring (bicyclic) bond motifs is 4. The number of piperidine rings is 1. The lowest BCUT2D eigenvalue weighted by Crippen LogP contribution is -2.49. The number of nitrogens with zero attached hydrogens (tertiary/aromatic N) is 6. The average molecular weight is 493 g/mol. The Morgan fingerprint density at radius 2 is 1.75 bits per heavy atom. The highest BCUT2D eigenvalue weighted by Crippen LogP contribution is 2.45. The van der Waals surface area contributed by atoms with Crippen molar-refractivity contribution >= 4 is 5.91 Å². The molecule has 2 atom stereocenters. The third-order valence-electron chi connectivity index (χ3n) is 7.32. The monoisotopic (exact) mass is 492 g/mol. The number of halogens is 3. The zero-order valence-electron chi connectivity index (χ0n) is 19.8. The summed E-state index contributed by atoms with van der Waals surface area (Å²) in [5, 5.41) is 12.4. The van der Waals surface area contributed by atoms with Crippen molar-refractivity contribution in [3.8, 4) is 16.9 Å². The van der Waals surface area contributed by atoms with Gasteiger partial charge in [-0.25, -0.2) is 13.2 Å². The van der Waals surface area contributed by atoms with Gasteiger partial charge < -0.3 is 4.90 Å². The zero-order chi connectivity index (χ0) is 25.1. The minimum Gasteiger partial charge on any atom is -0.327 e. The molecule has 2 aliphatic rings. The summed E-state index contributed by atoms with van der Waals surface area (Å²) in [6, 6.07) is 7.25. The highest BCUT2D eigenvalue weighted by molar-refractivity contribution is 5.96. The Balaban J connectivity index is 1.41. The zero-order valence-corrected chi connectivity index (χ0v) is 19.8. The molecule has 2 aromatic heterocycles. The van der Waals surface area contributed by atoms with Crippen LogP contribution < -0.4 is 0 Å². The largest absolute Gasteiger partial charge is 0.327 e. The molecule has 0 radical (unpaired) electrons. The molecule has 0 N–H and O–H groups in total. The SMILES string of the molecule is Cc1ccc(C(=O)N2[C@H]3CCC[C@@H]2c2nn(C)c(-c4cc(F)c(F)c(F)c4)c2C3)cc1-n1cnnc1. The summed E-state index contributed by atoms with van der Waals surface area (Å²) in [6.07, 6.45) is 6.19. The van der Waals surface area contributed by atoms with Crippen LogP contribution in [-0.4, -0.2) is 41.4 Å². The topological polar surface area (TPSA) is 68.8 Å². The number of amides is 1. The number of aromatic nitrogens is 5. The van der Waals surface area contributed by atoms with E-state index in [4.69, 9.17) is 5.10 Å². The third-order valence-corrected chi connectivity index (χ3v) is 7.32. The molecule has 4 heterocycles. The summed E-state index contributed by atoms with van der Waals surface area (Å²) in [5.74, 6) is -4.06. The van der Waals surface area contributed by atoms with E-state index < -0.39 is 17.5 Å². The lowest BCUT2D eigenvalue weighted by Gasteiger charge is -2.45. The van der Waals surface area contributed by atoms with Crippen molar-refractivity contribution in [2.24, 2.45) is 7.05 Å². The van der Waals surface area contributed by atoms with Crippen LogP contribution in [-0.2, 0) is 13.5 Å². The molecule has 4 aromatic rings. The molecule has 184 valence electrons. The van der Waals surface area contributed by atoms with E-state index >= 15 is 0 Å². The van der Waals surface area contributed by atoms with Crippen LogP contribution in [0.5, 0.6) is 0 Å². The van der Waals surface area contributed by atoms with Crippen LogP contribution in [0.1, 0.15) is 52.5 Å². The number of carbonyl (C=O) groups excluding carboxylic acids is 1. The second-order valence-corrected chi connectivity index (χ2v) is 9.48. The van der Waals surface area contributed by atoms with Gasteiger partial charge in [-0.15, -0.1) is 10.2 Å². The molecule has 1 saturated heterocycles. The van der Waals surface area contributed by atoms with E-state index in [1.165, 1.54) is 0 Å². The van der Waals surface area contributed by atoms with Crippen molar-refractivity contribution in [1.29, 1.82) is 0 Å². The van der Waals surface area contributed by atoms with E-state index in [0.29, 0.717) is 17.7 Å². The minimum absolute atomic E-state index is 0.0819. The van der Waals surface area contributed by atoms with Crippen molar-refractivity contribution in [3.63, 3.8) is 0 Å². The number of carbonyl (C=O) groups is 1. The van der Waals surface area contributed by atoms with Gasteiger partial charge in [-0.1, -0.05) is 6.07 Å². The minimum atomic E-state index is -1.49. The van der Waals surface area contributed by atoms with Gasteiger partial charge in [-0.2, -0.15) is 5.10 Å². The Morgan fingerprint density at radius 3 is 2.47 bits per heavy atom. The van der Waals surface area contributed by atoms with Crippen LogP contribution in [0.15, 0.2) is 43.0 Å². The predicted molar refractivity (Wildman–Crippen MR) is 125 cm³/mol. The molecule has 0 saturated carbocycles. The first-order valence-electron chi connectivity index (χ1n) is 11.8. The number of rotatable bonds is 3. The van der Waals surface area contributed by atoms with Crippen molar-refractivity contribution in [2.75, 3.05) is 0 Å².